The van der Waals surface area contributed by atoms with Gasteiger partial charge in [-0.1, -0.05) is 34.1 Å². The molecule has 28 heavy (non-hydrogen) atoms. The molecule has 3 rings (SSSR count). The van der Waals surface area contributed by atoms with Crippen LogP contribution in [-0.4, -0.2) is 55.8 Å². The molecular formula is C20H23BrN2O4S. The van der Waals surface area contributed by atoms with Crippen LogP contribution in [0.3, 0.4) is 0 Å². The predicted octanol–water partition coefficient (Wildman–Crippen LogP) is 3.06. The highest BCUT2D eigenvalue weighted by molar-refractivity contribution is 9.10. The number of carbonyl (C=O) groups excluding carboxylic acids is 1. The Hall–Kier alpha value is -1.90. The largest absolute Gasteiger partial charge is 0.481 e. The van der Waals surface area contributed by atoms with Gasteiger partial charge in [0.05, 0.1) is 4.90 Å². The molecule has 2 aromatic carbocycles. The number of nitrogens with zero attached hydrogens (tertiary/aromatic N) is 2. The van der Waals surface area contributed by atoms with Gasteiger partial charge in [-0.3, -0.25) is 4.79 Å². The summed E-state index contributed by atoms with van der Waals surface area (Å²) in [5, 5.41) is 0. The molecule has 2 aromatic rings. The van der Waals surface area contributed by atoms with E-state index in [9.17, 15) is 13.2 Å². The summed E-state index contributed by atoms with van der Waals surface area (Å²) in [6.45, 7) is 4.89. The smallest absolute Gasteiger partial charge is 0.263 e. The van der Waals surface area contributed by atoms with Crippen LogP contribution in [0.15, 0.2) is 57.9 Å². The number of ether oxygens (including phenoxy) is 1. The summed E-state index contributed by atoms with van der Waals surface area (Å²) in [6, 6.07) is 14.2. The Morgan fingerprint density at radius 1 is 1.07 bits per heavy atom. The van der Waals surface area contributed by atoms with Gasteiger partial charge in [0.15, 0.2) is 6.10 Å². The number of benzene rings is 2. The molecule has 0 aliphatic carbocycles. The highest BCUT2D eigenvalue weighted by atomic mass is 79.9. The van der Waals surface area contributed by atoms with Gasteiger partial charge in [0.25, 0.3) is 5.91 Å². The molecule has 1 atom stereocenters. The van der Waals surface area contributed by atoms with E-state index < -0.39 is 16.1 Å². The third-order valence-electron chi connectivity index (χ3n) is 4.63. The van der Waals surface area contributed by atoms with Gasteiger partial charge in [-0.2, -0.15) is 4.31 Å². The van der Waals surface area contributed by atoms with Gasteiger partial charge in [0, 0.05) is 30.7 Å². The summed E-state index contributed by atoms with van der Waals surface area (Å²) in [5.74, 6) is 0.512. The minimum atomic E-state index is -3.57. The molecule has 150 valence electrons. The second-order valence-corrected chi connectivity index (χ2v) is 9.62. The summed E-state index contributed by atoms with van der Waals surface area (Å²) < 4.78 is 33.5. The quantitative estimate of drug-likeness (QED) is 0.678. The molecule has 1 aliphatic heterocycles. The van der Waals surface area contributed by atoms with E-state index in [1.165, 1.54) is 4.31 Å². The lowest BCUT2D eigenvalue weighted by molar-refractivity contribution is -0.139. The zero-order valence-electron chi connectivity index (χ0n) is 15.8. The maximum absolute atomic E-state index is 12.8. The van der Waals surface area contributed by atoms with Gasteiger partial charge in [-0.25, -0.2) is 8.42 Å². The Kier molecular flexibility index (Phi) is 6.42. The Labute approximate surface area is 174 Å². The molecule has 8 heteroatoms. The molecule has 0 aromatic heterocycles. The van der Waals surface area contributed by atoms with E-state index >= 15 is 0 Å². The number of hydrogen-bond donors (Lipinski definition) is 0. The van der Waals surface area contributed by atoms with E-state index in [0.717, 1.165) is 5.56 Å². The van der Waals surface area contributed by atoms with Crippen LogP contribution < -0.4 is 4.74 Å². The fraction of sp³-hybridized carbons (Fsp3) is 0.350. The molecule has 1 fully saturated rings. The van der Waals surface area contributed by atoms with Crippen molar-refractivity contribution >= 4 is 31.9 Å². The van der Waals surface area contributed by atoms with Crippen molar-refractivity contribution in [3.63, 3.8) is 0 Å². The maximum atomic E-state index is 12.8. The van der Waals surface area contributed by atoms with Crippen LogP contribution in [0.2, 0.25) is 0 Å². The first-order valence-corrected chi connectivity index (χ1v) is 11.3. The molecule has 1 aliphatic rings. The summed E-state index contributed by atoms with van der Waals surface area (Å²) in [5.41, 5.74) is 1.06. The number of hydrogen-bond acceptors (Lipinski definition) is 4. The molecule has 1 unspecified atom stereocenters. The van der Waals surface area contributed by atoms with Crippen molar-refractivity contribution in [3.8, 4) is 5.75 Å². The van der Waals surface area contributed by atoms with Crippen LogP contribution >= 0.6 is 15.9 Å². The Bertz CT molecular complexity index is 956. The molecule has 0 radical (unpaired) electrons. The van der Waals surface area contributed by atoms with Crippen LogP contribution in [-0.2, 0) is 14.8 Å². The van der Waals surface area contributed by atoms with Gasteiger partial charge in [0.2, 0.25) is 10.0 Å². The number of piperazine rings is 1. The second-order valence-electron chi connectivity index (χ2n) is 6.76. The molecule has 6 nitrogen and oxygen atoms in total. The topological polar surface area (TPSA) is 66.9 Å². The summed E-state index contributed by atoms with van der Waals surface area (Å²) in [4.78, 5) is 14.6. The van der Waals surface area contributed by atoms with Crippen molar-refractivity contribution in [1.29, 1.82) is 0 Å². The zero-order valence-corrected chi connectivity index (χ0v) is 18.2. The van der Waals surface area contributed by atoms with E-state index in [1.54, 1.807) is 36.1 Å². The van der Waals surface area contributed by atoms with Crippen molar-refractivity contribution in [2.45, 2.75) is 24.8 Å². The van der Waals surface area contributed by atoms with E-state index in [-0.39, 0.29) is 23.9 Å². The summed E-state index contributed by atoms with van der Waals surface area (Å²) in [7, 11) is -3.57. The fourth-order valence-electron chi connectivity index (χ4n) is 3.13. The zero-order chi connectivity index (χ0) is 20.3. The summed E-state index contributed by atoms with van der Waals surface area (Å²) >= 11 is 3.30. The van der Waals surface area contributed by atoms with Crippen LogP contribution in [0.5, 0.6) is 5.75 Å². The van der Waals surface area contributed by atoms with Crippen LogP contribution in [0.4, 0.5) is 0 Å². The number of halogens is 1. The van der Waals surface area contributed by atoms with Crippen LogP contribution in [0.25, 0.3) is 0 Å². The van der Waals surface area contributed by atoms with Crippen LogP contribution in [0, 0.1) is 6.92 Å². The lowest BCUT2D eigenvalue weighted by atomic mass is 10.2. The fourth-order valence-corrected chi connectivity index (χ4v) is 5.15. The Morgan fingerprint density at radius 2 is 1.75 bits per heavy atom. The van der Waals surface area contributed by atoms with Crippen molar-refractivity contribution in [3.05, 3.63) is 58.6 Å². The predicted molar refractivity (Wildman–Crippen MR) is 111 cm³/mol. The maximum Gasteiger partial charge on any atom is 0.263 e. The first-order chi connectivity index (χ1) is 13.3. The minimum Gasteiger partial charge on any atom is -0.481 e. The van der Waals surface area contributed by atoms with Gasteiger partial charge in [-0.15, -0.1) is 0 Å². The number of carbonyl (C=O) groups is 1. The Balaban J connectivity index is 1.60. The standard InChI is InChI=1S/C20H23BrN2O4S/c1-15-5-3-7-18(13-15)27-16(2)20(24)22-9-11-23(12-10-22)28(25,26)19-8-4-6-17(21)14-19/h3-8,13-14,16H,9-12H2,1-2H3. The van der Waals surface area contributed by atoms with Crippen molar-refractivity contribution in [2.75, 3.05) is 26.2 Å². The average Bonchev–Trinajstić information content (AvgIpc) is 2.67. The monoisotopic (exact) mass is 466 g/mol. The second kappa shape index (κ2) is 8.63. The Morgan fingerprint density at radius 3 is 2.39 bits per heavy atom. The molecule has 0 saturated carbocycles. The van der Waals surface area contributed by atoms with Gasteiger partial charge in [-0.05, 0) is 49.7 Å². The molecule has 1 amide bonds. The highest BCUT2D eigenvalue weighted by Crippen LogP contribution is 2.22. The normalized spacial score (nSPS) is 16.6. The number of amides is 1. The summed E-state index contributed by atoms with van der Waals surface area (Å²) in [6.07, 6.45) is -0.630. The highest BCUT2D eigenvalue weighted by Gasteiger charge is 2.32. The molecule has 1 heterocycles. The number of sulfonamides is 1. The molecule has 0 bridgehead atoms. The van der Waals surface area contributed by atoms with E-state index in [4.69, 9.17) is 4.74 Å². The average molecular weight is 467 g/mol. The molecular weight excluding hydrogens is 444 g/mol. The number of aryl methyl sites for hydroxylation is 1. The lowest BCUT2D eigenvalue weighted by Crippen LogP contribution is -2.53. The van der Waals surface area contributed by atoms with Crippen molar-refractivity contribution in [2.24, 2.45) is 0 Å². The van der Waals surface area contributed by atoms with Crippen LogP contribution in [0.1, 0.15) is 12.5 Å². The van der Waals surface area contributed by atoms with Crippen molar-refractivity contribution in [1.82, 2.24) is 9.21 Å². The van der Waals surface area contributed by atoms with Gasteiger partial charge in [0.1, 0.15) is 5.75 Å². The lowest BCUT2D eigenvalue weighted by Gasteiger charge is -2.35. The molecule has 0 spiro atoms. The minimum absolute atomic E-state index is 0.138. The first kappa shape index (κ1) is 20.8. The van der Waals surface area contributed by atoms with E-state index in [0.29, 0.717) is 23.3 Å². The van der Waals surface area contributed by atoms with E-state index in [1.807, 2.05) is 31.2 Å². The first-order valence-electron chi connectivity index (χ1n) is 9.05. The molecule has 0 N–H and O–H groups in total. The third-order valence-corrected chi connectivity index (χ3v) is 7.02. The number of rotatable bonds is 5. The van der Waals surface area contributed by atoms with Gasteiger partial charge < -0.3 is 9.64 Å². The SMILES string of the molecule is Cc1cccc(OC(C)C(=O)N2CCN(S(=O)(=O)c3cccc(Br)c3)CC2)c1. The van der Waals surface area contributed by atoms with Crippen molar-refractivity contribution < 1.29 is 17.9 Å². The molecule has 1 saturated heterocycles. The van der Waals surface area contributed by atoms with E-state index in [2.05, 4.69) is 15.9 Å². The van der Waals surface area contributed by atoms with Gasteiger partial charge >= 0.3 is 0 Å². The third kappa shape index (κ3) is 4.74.